The molecule has 4 nitrogen and oxygen atoms in total. The maximum atomic E-state index is 11.5. The van der Waals surface area contributed by atoms with Crippen molar-refractivity contribution >= 4 is 15.9 Å². The van der Waals surface area contributed by atoms with Crippen LogP contribution in [-0.4, -0.2) is 14.5 Å². The molecule has 0 aliphatic heterocycles. The smallest absolute Gasteiger partial charge is 0.262 e. The fraction of sp³-hybridized carbons (Fsp3) is 0.0667. The highest BCUT2D eigenvalue weighted by Gasteiger charge is 2.06. The number of nitrogens with zero attached hydrogens (tertiary/aromatic N) is 2. The van der Waals surface area contributed by atoms with Crippen LogP contribution in [0, 0.1) is 6.92 Å². The van der Waals surface area contributed by atoms with Gasteiger partial charge < -0.3 is 9.55 Å². The number of pyridine rings is 1. The van der Waals surface area contributed by atoms with Gasteiger partial charge in [-0.3, -0.25) is 4.79 Å². The van der Waals surface area contributed by atoms with Gasteiger partial charge in [0.2, 0.25) is 0 Å². The van der Waals surface area contributed by atoms with Crippen LogP contribution in [0.1, 0.15) is 5.69 Å². The van der Waals surface area contributed by atoms with E-state index >= 15 is 0 Å². The average Bonchev–Trinajstić information content (AvgIpc) is 2.97. The van der Waals surface area contributed by atoms with E-state index in [1.54, 1.807) is 12.5 Å². The van der Waals surface area contributed by atoms with E-state index in [1.165, 1.54) is 0 Å². The third-order valence-electron chi connectivity index (χ3n) is 3.17. The van der Waals surface area contributed by atoms with E-state index in [1.807, 2.05) is 48.0 Å². The molecule has 0 bridgehead atoms. The Bertz CT molecular complexity index is 789. The van der Waals surface area contributed by atoms with E-state index in [0.717, 1.165) is 22.5 Å². The summed E-state index contributed by atoms with van der Waals surface area (Å²) < 4.78 is 2.48. The van der Waals surface area contributed by atoms with Crippen LogP contribution in [0.25, 0.3) is 16.8 Å². The Morgan fingerprint density at radius 1 is 1.25 bits per heavy atom. The largest absolute Gasteiger partial charge is 0.325 e. The van der Waals surface area contributed by atoms with Crippen LogP contribution >= 0.6 is 15.9 Å². The number of imidazole rings is 1. The zero-order valence-electron chi connectivity index (χ0n) is 10.8. The monoisotopic (exact) mass is 329 g/mol. The highest BCUT2D eigenvalue weighted by atomic mass is 79.9. The van der Waals surface area contributed by atoms with E-state index in [9.17, 15) is 4.79 Å². The summed E-state index contributed by atoms with van der Waals surface area (Å²) >= 11 is 3.27. The van der Waals surface area contributed by atoms with Gasteiger partial charge in [-0.15, -0.1) is 0 Å². The van der Waals surface area contributed by atoms with Gasteiger partial charge in [0.1, 0.15) is 0 Å². The molecule has 0 saturated heterocycles. The zero-order valence-corrected chi connectivity index (χ0v) is 12.4. The molecule has 5 heteroatoms. The molecule has 0 unspecified atom stereocenters. The van der Waals surface area contributed by atoms with Crippen molar-refractivity contribution < 1.29 is 0 Å². The Kier molecular flexibility index (Phi) is 3.28. The Balaban J connectivity index is 2.04. The summed E-state index contributed by atoms with van der Waals surface area (Å²) in [6, 6.07) is 9.95. The molecule has 3 aromatic rings. The van der Waals surface area contributed by atoms with Gasteiger partial charge in [0.15, 0.2) is 0 Å². The van der Waals surface area contributed by atoms with E-state index in [-0.39, 0.29) is 5.56 Å². The lowest BCUT2D eigenvalue weighted by atomic mass is 10.0. The first kappa shape index (κ1) is 12.9. The standard InChI is InChI=1S/C15H12BrN3O/c1-10-13(8-14(16)15(20)18-10)11-2-4-12(5-3-11)19-7-6-17-9-19/h2-9H,1H3,(H,18,20). The lowest BCUT2D eigenvalue weighted by Crippen LogP contribution is -2.08. The Morgan fingerprint density at radius 3 is 2.65 bits per heavy atom. The normalized spacial score (nSPS) is 10.7. The lowest BCUT2D eigenvalue weighted by Gasteiger charge is -2.08. The van der Waals surface area contributed by atoms with Crippen molar-refractivity contribution in [3.05, 3.63) is 69.6 Å². The molecule has 1 aromatic carbocycles. The van der Waals surface area contributed by atoms with Crippen molar-refractivity contribution in [3.8, 4) is 16.8 Å². The second kappa shape index (κ2) is 5.09. The Hall–Kier alpha value is -2.14. The topological polar surface area (TPSA) is 50.7 Å². The van der Waals surface area contributed by atoms with Crippen LogP contribution in [0.4, 0.5) is 0 Å². The average molecular weight is 330 g/mol. The number of hydrogen-bond acceptors (Lipinski definition) is 2. The lowest BCUT2D eigenvalue weighted by molar-refractivity contribution is 1.06. The van der Waals surface area contributed by atoms with Crippen molar-refractivity contribution in [2.75, 3.05) is 0 Å². The molecule has 2 aromatic heterocycles. The summed E-state index contributed by atoms with van der Waals surface area (Å²) in [5.74, 6) is 0. The van der Waals surface area contributed by atoms with E-state index in [0.29, 0.717) is 4.47 Å². The maximum Gasteiger partial charge on any atom is 0.262 e. The quantitative estimate of drug-likeness (QED) is 0.784. The number of benzene rings is 1. The minimum absolute atomic E-state index is 0.110. The fourth-order valence-corrected chi connectivity index (χ4v) is 2.45. The van der Waals surface area contributed by atoms with Gasteiger partial charge in [-0.25, -0.2) is 4.98 Å². The molecule has 100 valence electrons. The molecule has 0 aliphatic rings. The van der Waals surface area contributed by atoms with Gasteiger partial charge in [0.25, 0.3) is 5.56 Å². The van der Waals surface area contributed by atoms with Gasteiger partial charge in [-0.05, 0) is 46.6 Å². The summed E-state index contributed by atoms with van der Waals surface area (Å²) in [6.45, 7) is 1.90. The molecule has 0 atom stereocenters. The predicted octanol–water partition coefficient (Wildman–Crippen LogP) is 3.30. The minimum Gasteiger partial charge on any atom is -0.325 e. The van der Waals surface area contributed by atoms with Crippen molar-refractivity contribution in [2.45, 2.75) is 6.92 Å². The van der Waals surface area contributed by atoms with Gasteiger partial charge in [0, 0.05) is 29.3 Å². The third-order valence-corrected chi connectivity index (χ3v) is 3.76. The summed E-state index contributed by atoms with van der Waals surface area (Å²) in [5, 5.41) is 0. The van der Waals surface area contributed by atoms with Crippen LogP contribution < -0.4 is 5.56 Å². The van der Waals surface area contributed by atoms with Gasteiger partial charge in [-0.2, -0.15) is 0 Å². The fourth-order valence-electron chi connectivity index (χ4n) is 2.12. The number of aromatic nitrogens is 3. The summed E-state index contributed by atoms with van der Waals surface area (Å²) in [6.07, 6.45) is 5.41. The summed E-state index contributed by atoms with van der Waals surface area (Å²) in [5.41, 5.74) is 3.86. The summed E-state index contributed by atoms with van der Waals surface area (Å²) in [4.78, 5) is 18.4. The maximum absolute atomic E-state index is 11.5. The van der Waals surface area contributed by atoms with E-state index < -0.39 is 0 Å². The number of rotatable bonds is 2. The number of H-pyrrole nitrogens is 1. The molecule has 0 saturated carbocycles. The first-order valence-corrected chi connectivity index (χ1v) is 6.92. The number of aromatic amines is 1. The number of nitrogens with one attached hydrogen (secondary N) is 1. The van der Waals surface area contributed by atoms with Crippen LogP contribution in [0.2, 0.25) is 0 Å². The summed E-state index contributed by atoms with van der Waals surface area (Å²) in [7, 11) is 0. The van der Waals surface area contributed by atoms with Crippen LogP contribution in [0.15, 0.2) is 58.3 Å². The predicted molar refractivity (Wildman–Crippen MR) is 82.1 cm³/mol. The molecule has 1 N–H and O–H groups in total. The number of halogens is 1. The molecule has 20 heavy (non-hydrogen) atoms. The molecular formula is C15H12BrN3O. The van der Waals surface area contributed by atoms with Crippen molar-refractivity contribution in [2.24, 2.45) is 0 Å². The molecule has 2 heterocycles. The molecule has 0 radical (unpaired) electrons. The van der Waals surface area contributed by atoms with Gasteiger partial charge in [0.05, 0.1) is 10.8 Å². The van der Waals surface area contributed by atoms with Crippen molar-refractivity contribution in [1.82, 2.24) is 14.5 Å². The van der Waals surface area contributed by atoms with E-state index in [2.05, 4.69) is 25.9 Å². The second-order valence-corrected chi connectivity index (χ2v) is 5.36. The van der Waals surface area contributed by atoms with Gasteiger partial charge in [-0.1, -0.05) is 12.1 Å². The van der Waals surface area contributed by atoms with E-state index in [4.69, 9.17) is 0 Å². The van der Waals surface area contributed by atoms with Gasteiger partial charge >= 0.3 is 0 Å². The van der Waals surface area contributed by atoms with Crippen molar-refractivity contribution in [3.63, 3.8) is 0 Å². The first-order valence-electron chi connectivity index (χ1n) is 6.13. The molecule has 0 amide bonds. The molecule has 0 spiro atoms. The molecular weight excluding hydrogens is 318 g/mol. The number of aryl methyl sites for hydroxylation is 1. The Morgan fingerprint density at radius 2 is 2.00 bits per heavy atom. The minimum atomic E-state index is -0.110. The first-order chi connectivity index (χ1) is 9.65. The zero-order chi connectivity index (χ0) is 14.1. The SMILES string of the molecule is Cc1[nH]c(=O)c(Br)cc1-c1ccc(-n2ccnc2)cc1. The van der Waals surface area contributed by atoms with Crippen molar-refractivity contribution in [1.29, 1.82) is 0 Å². The second-order valence-electron chi connectivity index (χ2n) is 4.50. The van der Waals surface area contributed by atoms with Crippen LogP contribution in [0.5, 0.6) is 0 Å². The Labute approximate surface area is 124 Å². The van der Waals surface area contributed by atoms with Crippen LogP contribution in [-0.2, 0) is 0 Å². The molecule has 0 aliphatic carbocycles. The number of hydrogen-bond donors (Lipinski definition) is 1. The molecule has 3 rings (SSSR count). The highest BCUT2D eigenvalue weighted by Crippen LogP contribution is 2.24. The van der Waals surface area contributed by atoms with Crippen LogP contribution in [0.3, 0.4) is 0 Å². The highest BCUT2D eigenvalue weighted by molar-refractivity contribution is 9.10. The molecule has 0 fully saturated rings. The third kappa shape index (κ3) is 2.32.